The molecule has 0 saturated heterocycles. The van der Waals surface area contributed by atoms with Crippen molar-refractivity contribution in [2.75, 3.05) is 18.4 Å². The molecule has 1 heterocycles. The van der Waals surface area contributed by atoms with Crippen LogP contribution in [0.4, 0.5) is 5.69 Å². The minimum Gasteiger partial charge on any atom is -0.382 e. The van der Waals surface area contributed by atoms with E-state index < -0.39 is 0 Å². The molecule has 0 atom stereocenters. The molecule has 5 heteroatoms. The van der Waals surface area contributed by atoms with Gasteiger partial charge in [-0.3, -0.25) is 0 Å². The Hall–Kier alpha value is -1.65. The number of halogens is 1. The van der Waals surface area contributed by atoms with Crippen LogP contribution in [0.2, 0.25) is 5.02 Å². The highest BCUT2D eigenvalue weighted by molar-refractivity contribution is 6.30. The molecule has 21 heavy (non-hydrogen) atoms. The molecular weight excluding hydrogens is 284 g/mol. The average molecular weight is 303 g/mol. The lowest BCUT2D eigenvalue weighted by molar-refractivity contribution is 0.866. The molecule has 1 fully saturated rings. The Labute approximate surface area is 129 Å². The third-order valence-corrected chi connectivity index (χ3v) is 3.83. The van der Waals surface area contributed by atoms with Gasteiger partial charge >= 0.3 is 0 Å². The largest absolute Gasteiger partial charge is 0.382 e. The molecule has 1 saturated carbocycles. The van der Waals surface area contributed by atoms with Gasteiger partial charge in [0.1, 0.15) is 0 Å². The van der Waals surface area contributed by atoms with Crippen LogP contribution in [-0.4, -0.2) is 23.1 Å². The lowest BCUT2D eigenvalue weighted by Gasteiger charge is -2.11. The first-order valence-corrected chi connectivity index (χ1v) is 7.72. The topological polar surface area (TPSA) is 63.8 Å². The van der Waals surface area contributed by atoms with Gasteiger partial charge in [0, 0.05) is 23.0 Å². The van der Waals surface area contributed by atoms with E-state index in [0.717, 1.165) is 40.8 Å². The SMILES string of the molecule is NCCCNc1cnc(-c2ccc(Cl)cc2)nc1C1CC1. The van der Waals surface area contributed by atoms with Crippen LogP contribution in [0.15, 0.2) is 30.5 Å². The molecule has 110 valence electrons. The van der Waals surface area contributed by atoms with Gasteiger partial charge in [0.25, 0.3) is 0 Å². The molecule has 1 aromatic heterocycles. The van der Waals surface area contributed by atoms with Gasteiger partial charge in [-0.2, -0.15) is 0 Å². The number of hydrogen-bond acceptors (Lipinski definition) is 4. The Morgan fingerprint density at radius 3 is 2.67 bits per heavy atom. The van der Waals surface area contributed by atoms with Crippen molar-refractivity contribution in [1.82, 2.24) is 9.97 Å². The molecule has 3 N–H and O–H groups in total. The normalized spacial score (nSPS) is 14.2. The number of hydrogen-bond donors (Lipinski definition) is 2. The first kappa shape index (κ1) is 14.3. The summed E-state index contributed by atoms with van der Waals surface area (Å²) in [7, 11) is 0. The molecule has 0 bridgehead atoms. The number of nitrogens with one attached hydrogen (secondary N) is 1. The highest BCUT2D eigenvalue weighted by Crippen LogP contribution is 2.42. The first-order valence-electron chi connectivity index (χ1n) is 7.35. The minimum atomic E-state index is 0.569. The van der Waals surface area contributed by atoms with Gasteiger partial charge in [0.2, 0.25) is 0 Å². The van der Waals surface area contributed by atoms with E-state index >= 15 is 0 Å². The van der Waals surface area contributed by atoms with Crippen LogP contribution in [-0.2, 0) is 0 Å². The number of anilines is 1. The second kappa shape index (κ2) is 6.41. The van der Waals surface area contributed by atoms with Crippen molar-refractivity contribution >= 4 is 17.3 Å². The van der Waals surface area contributed by atoms with Crippen LogP contribution in [0.5, 0.6) is 0 Å². The van der Waals surface area contributed by atoms with Crippen molar-refractivity contribution < 1.29 is 0 Å². The third kappa shape index (κ3) is 3.52. The van der Waals surface area contributed by atoms with E-state index in [1.54, 1.807) is 0 Å². The van der Waals surface area contributed by atoms with Crippen molar-refractivity contribution in [3.05, 3.63) is 41.2 Å². The molecule has 0 aliphatic heterocycles. The maximum absolute atomic E-state index is 5.93. The summed E-state index contributed by atoms with van der Waals surface area (Å²) in [4.78, 5) is 9.25. The monoisotopic (exact) mass is 302 g/mol. The second-order valence-corrected chi connectivity index (χ2v) is 5.78. The standard InChI is InChI=1S/C16H19ClN4/c17-13-6-4-12(5-7-13)16-20-10-14(19-9-1-8-18)15(21-16)11-2-3-11/h4-7,10-11,19H,1-3,8-9,18H2. The quantitative estimate of drug-likeness (QED) is 0.802. The predicted molar refractivity (Wildman–Crippen MR) is 86.6 cm³/mol. The second-order valence-electron chi connectivity index (χ2n) is 5.34. The fourth-order valence-electron chi connectivity index (χ4n) is 2.26. The molecule has 3 rings (SSSR count). The third-order valence-electron chi connectivity index (χ3n) is 3.58. The molecule has 1 aliphatic rings. The van der Waals surface area contributed by atoms with Gasteiger partial charge in [-0.15, -0.1) is 0 Å². The van der Waals surface area contributed by atoms with Crippen LogP contribution >= 0.6 is 11.6 Å². The van der Waals surface area contributed by atoms with Crippen LogP contribution in [0, 0.1) is 0 Å². The molecular formula is C16H19ClN4. The van der Waals surface area contributed by atoms with Gasteiger partial charge in [0.15, 0.2) is 5.82 Å². The van der Waals surface area contributed by atoms with Gasteiger partial charge < -0.3 is 11.1 Å². The summed E-state index contributed by atoms with van der Waals surface area (Å²) in [5, 5.41) is 4.12. The fourth-order valence-corrected chi connectivity index (χ4v) is 2.39. The summed E-state index contributed by atoms with van der Waals surface area (Å²) in [6, 6.07) is 7.64. The highest BCUT2D eigenvalue weighted by Gasteiger charge is 2.28. The molecule has 0 unspecified atom stereocenters. The van der Waals surface area contributed by atoms with Crippen LogP contribution in [0.25, 0.3) is 11.4 Å². The Kier molecular flexibility index (Phi) is 4.36. The Bertz CT molecular complexity index is 608. The summed E-state index contributed by atoms with van der Waals surface area (Å²) in [5.41, 5.74) is 8.70. The highest BCUT2D eigenvalue weighted by atomic mass is 35.5. The van der Waals surface area contributed by atoms with Gasteiger partial charge in [-0.05, 0) is 50.1 Å². The smallest absolute Gasteiger partial charge is 0.159 e. The van der Waals surface area contributed by atoms with Gasteiger partial charge in [-0.25, -0.2) is 9.97 Å². The lowest BCUT2D eigenvalue weighted by Crippen LogP contribution is -2.11. The zero-order chi connectivity index (χ0) is 14.7. The van der Waals surface area contributed by atoms with Crippen molar-refractivity contribution in [2.45, 2.75) is 25.2 Å². The number of nitrogens with zero attached hydrogens (tertiary/aromatic N) is 2. The van der Waals surface area contributed by atoms with Crippen molar-refractivity contribution in [3.63, 3.8) is 0 Å². The van der Waals surface area contributed by atoms with E-state index in [-0.39, 0.29) is 0 Å². The molecule has 2 aromatic rings. The molecule has 1 aromatic carbocycles. The maximum atomic E-state index is 5.93. The van der Waals surface area contributed by atoms with E-state index in [4.69, 9.17) is 22.3 Å². The van der Waals surface area contributed by atoms with Crippen molar-refractivity contribution in [2.24, 2.45) is 5.73 Å². The molecule has 0 radical (unpaired) electrons. The van der Waals surface area contributed by atoms with Crippen LogP contribution in [0.3, 0.4) is 0 Å². The van der Waals surface area contributed by atoms with E-state index in [0.29, 0.717) is 12.5 Å². The fraction of sp³-hybridized carbons (Fsp3) is 0.375. The van der Waals surface area contributed by atoms with Crippen LogP contribution in [0.1, 0.15) is 30.9 Å². The molecule has 0 amide bonds. The zero-order valence-corrected chi connectivity index (χ0v) is 12.6. The summed E-state index contributed by atoms with van der Waals surface area (Å²) in [6.07, 6.45) is 5.26. The van der Waals surface area contributed by atoms with E-state index in [1.165, 1.54) is 12.8 Å². The van der Waals surface area contributed by atoms with Crippen molar-refractivity contribution in [3.8, 4) is 11.4 Å². The summed E-state index contributed by atoms with van der Waals surface area (Å²) in [5.74, 6) is 1.33. The lowest BCUT2D eigenvalue weighted by atomic mass is 10.2. The van der Waals surface area contributed by atoms with Crippen molar-refractivity contribution in [1.29, 1.82) is 0 Å². The molecule has 1 aliphatic carbocycles. The van der Waals surface area contributed by atoms with E-state index in [2.05, 4.69) is 10.3 Å². The Morgan fingerprint density at radius 2 is 2.00 bits per heavy atom. The first-order chi connectivity index (χ1) is 10.3. The van der Waals surface area contributed by atoms with Gasteiger partial charge in [0.05, 0.1) is 17.6 Å². The zero-order valence-electron chi connectivity index (χ0n) is 11.8. The van der Waals surface area contributed by atoms with Crippen LogP contribution < -0.4 is 11.1 Å². The summed E-state index contributed by atoms with van der Waals surface area (Å²) < 4.78 is 0. The minimum absolute atomic E-state index is 0.569. The van der Waals surface area contributed by atoms with E-state index in [9.17, 15) is 0 Å². The Balaban J connectivity index is 1.86. The maximum Gasteiger partial charge on any atom is 0.159 e. The number of aromatic nitrogens is 2. The predicted octanol–water partition coefficient (Wildman–Crippen LogP) is 3.44. The summed E-state index contributed by atoms with van der Waals surface area (Å²) >= 11 is 5.93. The van der Waals surface area contributed by atoms with Gasteiger partial charge in [-0.1, -0.05) is 11.6 Å². The van der Waals surface area contributed by atoms with E-state index in [1.807, 2.05) is 30.5 Å². The molecule has 4 nitrogen and oxygen atoms in total. The number of nitrogens with two attached hydrogens (primary N) is 1. The summed E-state index contributed by atoms with van der Waals surface area (Å²) in [6.45, 7) is 1.55. The number of rotatable bonds is 6. The molecule has 0 spiro atoms. The number of benzene rings is 1. The Morgan fingerprint density at radius 1 is 1.24 bits per heavy atom. The average Bonchev–Trinajstić information content (AvgIpc) is 3.33.